The summed E-state index contributed by atoms with van der Waals surface area (Å²) in [6.07, 6.45) is 0. The number of hydrogen-bond acceptors (Lipinski definition) is 4. The van der Waals surface area contributed by atoms with Crippen LogP contribution in [0.1, 0.15) is 0 Å². The molecular formula is C8H24N6O4S. The molecule has 0 rings (SSSR count). The van der Waals surface area contributed by atoms with Gasteiger partial charge >= 0.3 is 10.4 Å². The van der Waals surface area contributed by atoms with Gasteiger partial charge in [-0.15, -0.1) is 0 Å². The topological polar surface area (TPSA) is 147 Å². The molecule has 0 heterocycles. The largest absolute Gasteiger partial charge is 0.394 e. The van der Waals surface area contributed by atoms with E-state index in [0.29, 0.717) is 0 Å². The van der Waals surface area contributed by atoms with Crippen molar-refractivity contribution in [3.05, 3.63) is 0 Å². The van der Waals surface area contributed by atoms with E-state index in [1.54, 1.807) is 14.1 Å². The summed E-state index contributed by atoms with van der Waals surface area (Å²) in [6, 6.07) is 0. The lowest BCUT2D eigenvalue weighted by Gasteiger charge is -1.99. The second-order valence-electron chi connectivity index (χ2n) is 2.59. The van der Waals surface area contributed by atoms with Crippen LogP contribution in [0.3, 0.4) is 0 Å². The van der Waals surface area contributed by atoms with Gasteiger partial charge in [0.2, 0.25) is 0 Å². The van der Waals surface area contributed by atoms with Gasteiger partial charge in [0.15, 0.2) is 11.9 Å². The monoisotopic (exact) mass is 300 g/mol. The minimum absolute atomic E-state index is 0.806. The summed E-state index contributed by atoms with van der Waals surface area (Å²) in [5.74, 6) is 1.61. The molecule has 0 radical (unpaired) electrons. The van der Waals surface area contributed by atoms with Crippen LogP contribution in [0.2, 0.25) is 0 Å². The Hall–Kier alpha value is -1.59. The predicted molar refractivity (Wildman–Crippen MR) is 77.1 cm³/mol. The van der Waals surface area contributed by atoms with Crippen molar-refractivity contribution in [3.63, 3.8) is 0 Å². The number of nitrogens with one attached hydrogen (secondary N) is 4. The van der Waals surface area contributed by atoms with Crippen molar-refractivity contribution in [1.82, 2.24) is 21.3 Å². The minimum atomic E-state index is -4.67. The van der Waals surface area contributed by atoms with Crippen LogP contribution in [0.15, 0.2) is 9.98 Å². The van der Waals surface area contributed by atoms with Gasteiger partial charge < -0.3 is 21.3 Å². The van der Waals surface area contributed by atoms with Crippen molar-refractivity contribution in [2.45, 2.75) is 0 Å². The fourth-order valence-corrected chi connectivity index (χ4v) is 0.697. The molecule has 0 saturated heterocycles. The Kier molecular flexibility index (Phi) is 17.2. The highest BCUT2D eigenvalue weighted by molar-refractivity contribution is 7.79. The molecule has 19 heavy (non-hydrogen) atoms. The van der Waals surface area contributed by atoms with Gasteiger partial charge in [0, 0.05) is 42.3 Å². The Bertz CT molecular complexity index is 314. The standard InChI is InChI=1S/2C4H11N3.H2O4S/c2*1-5-4(6-2)7-3;1-5(2,3)4/h2*1-3H3,(H2,5,6,7);(H2,1,2,3,4). The summed E-state index contributed by atoms with van der Waals surface area (Å²) in [7, 11) is 6.06. The molecule has 0 aromatic heterocycles. The molecule has 0 aromatic carbocycles. The minimum Gasteiger partial charge on any atom is -0.359 e. The SMILES string of the molecule is CN=C(NC)NC.CN=C(NC)NC.O=S(=O)(O)O. The van der Waals surface area contributed by atoms with Crippen molar-refractivity contribution in [2.75, 3.05) is 42.3 Å². The van der Waals surface area contributed by atoms with E-state index in [1.165, 1.54) is 0 Å². The highest BCUT2D eigenvalue weighted by Gasteiger charge is 1.84. The Morgan fingerprint density at radius 2 is 0.947 bits per heavy atom. The summed E-state index contributed by atoms with van der Waals surface area (Å²) in [6.45, 7) is 0. The maximum atomic E-state index is 8.74. The normalized spacial score (nSPS) is 8.42. The average molecular weight is 300 g/mol. The third kappa shape index (κ3) is 31.4. The second-order valence-corrected chi connectivity index (χ2v) is 3.49. The number of rotatable bonds is 0. The number of nitrogens with zero attached hydrogens (tertiary/aromatic N) is 2. The first-order valence-electron chi connectivity index (χ1n) is 5.04. The molecule has 0 atom stereocenters. The molecule has 0 fully saturated rings. The number of guanidine groups is 2. The van der Waals surface area contributed by atoms with Crippen molar-refractivity contribution in [1.29, 1.82) is 0 Å². The van der Waals surface area contributed by atoms with Crippen molar-refractivity contribution >= 4 is 22.3 Å². The fourth-order valence-electron chi connectivity index (χ4n) is 0.697. The summed E-state index contributed by atoms with van der Waals surface area (Å²) >= 11 is 0. The quantitative estimate of drug-likeness (QED) is 0.174. The highest BCUT2D eigenvalue weighted by atomic mass is 32.3. The summed E-state index contributed by atoms with van der Waals surface area (Å²) < 4.78 is 31.6. The van der Waals surface area contributed by atoms with Crippen LogP contribution in [0.5, 0.6) is 0 Å². The van der Waals surface area contributed by atoms with Crippen LogP contribution in [0.25, 0.3) is 0 Å². The molecule has 0 aliphatic heterocycles. The first-order chi connectivity index (χ1) is 8.69. The molecule has 0 amide bonds. The lowest BCUT2D eigenvalue weighted by atomic mass is 10.9. The zero-order chi connectivity index (χ0) is 15.9. The van der Waals surface area contributed by atoms with Gasteiger partial charge in [0.25, 0.3) is 0 Å². The van der Waals surface area contributed by atoms with Gasteiger partial charge in [-0.05, 0) is 0 Å². The lowest BCUT2D eigenvalue weighted by molar-refractivity contribution is 0.381. The van der Waals surface area contributed by atoms with E-state index in [4.69, 9.17) is 17.5 Å². The average Bonchev–Trinajstić information content (AvgIpc) is 2.32. The van der Waals surface area contributed by atoms with Crippen LogP contribution >= 0.6 is 0 Å². The molecule has 116 valence electrons. The highest BCUT2D eigenvalue weighted by Crippen LogP contribution is 1.59. The smallest absolute Gasteiger partial charge is 0.359 e. The third-order valence-electron chi connectivity index (χ3n) is 1.39. The first-order valence-corrected chi connectivity index (χ1v) is 6.44. The Morgan fingerprint density at radius 1 is 0.789 bits per heavy atom. The molecule has 0 unspecified atom stereocenters. The lowest BCUT2D eigenvalue weighted by Crippen LogP contribution is -2.31. The van der Waals surface area contributed by atoms with E-state index in [-0.39, 0.29) is 0 Å². The van der Waals surface area contributed by atoms with Crippen molar-refractivity contribution < 1.29 is 17.5 Å². The molecule has 10 nitrogen and oxygen atoms in total. The van der Waals surface area contributed by atoms with E-state index in [2.05, 4.69) is 31.3 Å². The number of aliphatic imine (C=N–C) groups is 2. The van der Waals surface area contributed by atoms with E-state index < -0.39 is 10.4 Å². The molecule has 0 aromatic rings. The summed E-state index contributed by atoms with van der Waals surface area (Å²) in [5.41, 5.74) is 0. The summed E-state index contributed by atoms with van der Waals surface area (Å²) in [5, 5.41) is 11.4. The van der Waals surface area contributed by atoms with Gasteiger partial charge in [-0.25, -0.2) is 0 Å². The zero-order valence-corrected chi connectivity index (χ0v) is 12.8. The molecule has 0 aliphatic rings. The molecular weight excluding hydrogens is 276 g/mol. The van der Waals surface area contributed by atoms with E-state index >= 15 is 0 Å². The second kappa shape index (κ2) is 14.5. The van der Waals surface area contributed by atoms with Crippen molar-refractivity contribution in [2.24, 2.45) is 9.98 Å². The van der Waals surface area contributed by atoms with Crippen LogP contribution in [-0.4, -0.2) is 71.7 Å². The van der Waals surface area contributed by atoms with Crippen LogP contribution in [0, 0.1) is 0 Å². The van der Waals surface area contributed by atoms with Gasteiger partial charge in [-0.1, -0.05) is 0 Å². The van der Waals surface area contributed by atoms with Gasteiger partial charge in [-0.3, -0.25) is 19.1 Å². The maximum Gasteiger partial charge on any atom is 0.394 e. The van der Waals surface area contributed by atoms with E-state index in [1.807, 2.05) is 28.2 Å². The van der Waals surface area contributed by atoms with Crippen LogP contribution < -0.4 is 21.3 Å². The van der Waals surface area contributed by atoms with E-state index in [9.17, 15) is 0 Å². The van der Waals surface area contributed by atoms with Crippen molar-refractivity contribution in [3.8, 4) is 0 Å². The summed E-state index contributed by atoms with van der Waals surface area (Å²) in [4.78, 5) is 7.64. The molecule has 11 heteroatoms. The third-order valence-corrected chi connectivity index (χ3v) is 1.39. The molecule has 0 saturated carbocycles. The maximum absolute atomic E-state index is 8.74. The van der Waals surface area contributed by atoms with Crippen LogP contribution in [0.4, 0.5) is 0 Å². The van der Waals surface area contributed by atoms with Gasteiger partial charge in [-0.2, -0.15) is 8.42 Å². The van der Waals surface area contributed by atoms with Gasteiger partial charge in [0.1, 0.15) is 0 Å². The van der Waals surface area contributed by atoms with Crippen LogP contribution in [-0.2, 0) is 10.4 Å². The fraction of sp³-hybridized carbons (Fsp3) is 0.750. The Labute approximate surface area is 114 Å². The first kappa shape index (κ1) is 22.6. The van der Waals surface area contributed by atoms with E-state index in [0.717, 1.165) is 11.9 Å². The Morgan fingerprint density at radius 3 is 0.947 bits per heavy atom. The predicted octanol–water partition coefficient (Wildman–Crippen LogP) is -1.83. The molecule has 6 N–H and O–H groups in total. The molecule has 0 aliphatic carbocycles. The Balaban J connectivity index is -0.000000206. The van der Waals surface area contributed by atoms with Gasteiger partial charge in [0.05, 0.1) is 0 Å². The number of hydrogen-bond donors (Lipinski definition) is 6. The molecule has 0 bridgehead atoms. The zero-order valence-electron chi connectivity index (χ0n) is 12.0. The molecule has 0 spiro atoms.